The van der Waals surface area contributed by atoms with Crippen molar-refractivity contribution in [2.24, 2.45) is 0 Å². The number of hydrogen-bond donors (Lipinski definition) is 2. The van der Waals surface area contributed by atoms with Crippen molar-refractivity contribution in [1.82, 2.24) is 15.0 Å². The van der Waals surface area contributed by atoms with Crippen LogP contribution in [-0.4, -0.2) is 38.0 Å². The first-order chi connectivity index (χ1) is 8.02. The van der Waals surface area contributed by atoms with E-state index >= 15 is 0 Å². The quantitative estimate of drug-likeness (QED) is 0.777. The van der Waals surface area contributed by atoms with Crippen LogP contribution in [0.2, 0.25) is 5.28 Å². The Bertz CT molecular complexity index is 364. The molecule has 0 saturated heterocycles. The topological polar surface area (TPSA) is 70.9 Å². The second-order valence-electron chi connectivity index (χ2n) is 3.70. The van der Waals surface area contributed by atoms with Crippen LogP contribution in [0.5, 0.6) is 0 Å². The van der Waals surface area contributed by atoms with Crippen LogP contribution in [0.1, 0.15) is 27.2 Å². The second-order valence-corrected chi connectivity index (χ2v) is 5.38. The zero-order chi connectivity index (χ0) is 12.8. The molecule has 2 N–H and O–H groups in total. The fraction of sp³-hybridized carbons (Fsp3) is 0.700. The van der Waals surface area contributed by atoms with Crippen molar-refractivity contribution in [2.75, 3.05) is 11.9 Å². The average Bonchev–Trinajstić information content (AvgIpc) is 2.25. The highest BCUT2D eigenvalue weighted by atomic mass is 35.5. The molecule has 0 radical (unpaired) electrons. The highest BCUT2D eigenvalue weighted by Gasteiger charge is 2.14. The van der Waals surface area contributed by atoms with E-state index in [-0.39, 0.29) is 10.5 Å². The first-order valence-corrected chi connectivity index (χ1v) is 6.78. The Kier molecular flexibility index (Phi) is 5.94. The molecule has 0 fully saturated rings. The van der Waals surface area contributed by atoms with Crippen molar-refractivity contribution in [1.29, 1.82) is 0 Å². The minimum absolute atomic E-state index is 0.00694. The summed E-state index contributed by atoms with van der Waals surface area (Å²) >= 11 is 7.19. The summed E-state index contributed by atoms with van der Waals surface area (Å²) in [4.78, 5) is 12.2. The first kappa shape index (κ1) is 14.5. The fourth-order valence-electron chi connectivity index (χ4n) is 0.965. The molecule has 96 valence electrons. The zero-order valence-electron chi connectivity index (χ0n) is 10.1. The van der Waals surface area contributed by atoms with Gasteiger partial charge in [-0.05, 0) is 24.9 Å². The minimum atomic E-state index is -0.428. The zero-order valence-corrected chi connectivity index (χ0v) is 11.7. The summed E-state index contributed by atoms with van der Waals surface area (Å²) in [5.41, 5.74) is 0. The molecule has 0 aliphatic rings. The molecule has 0 aliphatic carbocycles. The summed E-state index contributed by atoms with van der Waals surface area (Å²) in [6.45, 7) is 6.49. The minimum Gasteiger partial charge on any atom is -0.392 e. The average molecular weight is 277 g/mol. The van der Waals surface area contributed by atoms with E-state index in [9.17, 15) is 5.11 Å². The number of halogens is 1. The molecule has 1 rings (SSSR count). The van der Waals surface area contributed by atoms with Crippen LogP contribution in [0.25, 0.3) is 0 Å². The summed E-state index contributed by atoms with van der Waals surface area (Å²) < 4.78 is 0. The lowest BCUT2D eigenvalue weighted by atomic mass is 10.3. The second kappa shape index (κ2) is 6.98. The SMILES string of the molecule is CCCNc1nc(Cl)nc(SC(C)C(C)O)n1. The molecule has 1 heterocycles. The smallest absolute Gasteiger partial charge is 0.228 e. The maximum absolute atomic E-state index is 9.42. The molecule has 5 nitrogen and oxygen atoms in total. The largest absolute Gasteiger partial charge is 0.392 e. The third-order valence-corrected chi connectivity index (χ3v) is 3.42. The number of aromatic nitrogens is 3. The number of thioether (sulfide) groups is 1. The summed E-state index contributed by atoms with van der Waals surface area (Å²) in [6.07, 6.45) is 0.554. The van der Waals surface area contributed by atoms with Gasteiger partial charge in [-0.1, -0.05) is 25.6 Å². The van der Waals surface area contributed by atoms with Gasteiger partial charge in [-0.2, -0.15) is 15.0 Å². The Morgan fingerprint density at radius 3 is 2.65 bits per heavy atom. The number of aliphatic hydroxyl groups is 1. The van der Waals surface area contributed by atoms with Gasteiger partial charge in [0.25, 0.3) is 0 Å². The van der Waals surface area contributed by atoms with Gasteiger partial charge in [-0.25, -0.2) is 0 Å². The highest BCUT2D eigenvalue weighted by molar-refractivity contribution is 7.99. The third-order valence-electron chi connectivity index (χ3n) is 2.09. The third kappa shape index (κ3) is 5.06. The van der Waals surface area contributed by atoms with Crippen molar-refractivity contribution in [3.05, 3.63) is 5.28 Å². The maximum Gasteiger partial charge on any atom is 0.228 e. The van der Waals surface area contributed by atoms with Crippen LogP contribution in [0.3, 0.4) is 0 Å². The van der Waals surface area contributed by atoms with Crippen LogP contribution < -0.4 is 5.32 Å². The van der Waals surface area contributed by atoms with Gasteiger partial charge in [0.1, 0.15) is 0 Å². The standard InChI is InChI=1S/C10H17ClN4OS/c1-4-5-12-9-13-8(11)14-10(15-9)17-7(3)6(2)16/h6-7,16H,4-5H2,1-3H3,(H,12,13,14,15). The molecule has 0 saturated carbocycles. The van der Waals surface area contributed by atoms with Crippen LogP contribution in [0.15, 0.2) is 5.16 Å². The number of nitrogens with one attached hydrogen (secondary N) is 1. The molecule has 0 spiro atoms. The normalized spacial score (nSPS) is 14.4. The summed E-state index contributed by atoms with van der Waals surface area (Å²) in [6, 6.07) is 0. The van der Waals surface area contributed by atoms with Gasteiger partial charge in [0, 0.05) is 11.8 Å². The Balaban J connectivity index is 2.74. The van der Waals surface area contributed by atoms with Gasteiger partial charge in [0.05, 0.1) is 6.10 Å². The summed E-state index contributed by atoms with van der Waals surface area (Å²) in [5.74, 6) is 0.479. The van der Waals surface area contributed by atoms with Crippen LogP contribution >= 0.6 is 23.4 Å². The molecule has 0 aliphatic heterocycles. The molecule has 0 bridgehead atoms. The Morgan fingerprint density at radius 2 is 2.06 bits per heavy atom. The molecule has 0 amide bonds. The van der Waals surface area contributed by atoms with Gasteiger partial charge in [-0.15, -0.1) is 0 Å². The van der Waals surface area contributed by atoms with Gasteiger partial charge >= 0.3 is 0 Å². The van der Waals surface area contributed by atoms with E-state index < -0.39 is 6.10 Å². The van der Waals surface area contributed by atoms with E-state index in [1.807, 2.05) is 6.92 Å². The molecular weight excluding hydrogens is 260 g/mol. The maximum atomic E-state index is 9.42. The van der Waals surface area contributed by atoms with Gasteiger partial charge in [0.15, 0.2) is 5.16 Å². The van der Waals surface area contributed by atoms with Gasteiger partial charge < -0.3 is 10.4 Å². The first-order valence-electron chi connectivity index (χ1n) is 5.53. The van der Waals surface area contributed by atoms with Gasteiger partial charge in [-0.3, -0.25) is 0 Å². The van der Waals surface area contributed by atoms with Crippen LogP contribution in [-0.2, 0) is 0 Å². The van der Waals surface area contributed by atoms with Crippen molar-refractivity contribution in [2.45, 2.75) is 43.7 Å². The lowest BCUT2D eigenvalue weighted by Gasteiger charge is -2.13. The van der Waals surface area contributed by atoms with Crippen molar-refractivity contribution < 1.29 is 5.11 Å². The number of aliphatic hydroxyl groups excluding tert-OH is 1. The Hall–Kier alpha value is -0.590. The number of rotatable bonds is 6. The predicted octanol–water partition coefficient (Wildman–Crippen LogP) is 2.21. The van der Waals surface area contributed by atoms with E-state index in [2.05, 4.69) is 27.2 Å². The van der Waals surface area contributed by atoms with E-state index in [1.54, 1.807) is 6.92 Å². The lowest BCUT2D eigenvalue weighted by Crippen LogP contribution is -2.16. The molecule has 7 heteroatoms. The Labute approximate surface area is 110 Å². The van der Waals surface area contributed by atoms with Crippen LogP contribution in [0, 0.1) is 0 Å². The van der Waals surface area contributed by atoms with Crippen LogP contribution in [0.4, 0.5) is 5.95 Å². The van der Waals surface area contributed by atoms with Crippen molar-refractivity contribution in [3.63, 3.8) is 0 Å². The molecule has 1 aromatic rings. The van der Waals surface area contributed by atoms with E-state index in [0.29, 0.717) is 11.1 Å². The number of hydrogen-bond acceptors (Lipinski definition) is 6. The number of nitrogens with zero attached hydrogens (tertiary/aromatic N) is 3. The predicted molar refractivity (Wildman–Crippen MR) is 70.6 cm³/mol. The number of anilines is 1. The van der Waals surface area contributed by atoms with Crippen molar-refractivity contribution >= 4 is 29.3 Å². The Morgan fingerprint density at radius 1 is 1.35 bits per heavy atom. The monoisotopic (exact) mass is 276 g/mol. The fourth-order valence-corrected chi connectivity index (χ4v) is 1.98. The highest BCUT2D eigenvalue weighted by Crippen LogP contribution is 2.23. The lowest BCUT2D eigenvalue weighted by molar-refractivity contribution is 0.196. The summed E-state index contributed by atoms with van der Waals surface area (Å²) in [7, 11) is 0. The van der Waals surface area contributed by atoms with E-state index in [4.69, 9.17) is 11.6 Å². The van der Waals surface area contributed by atoms with Gasteiger partial charge in [0.2, 0.25) is 11.2 Å². The molecule has 2 unspecified atom stereocenters. The van der Waals surface area contributed by atoms with E-state index in [0.717, 1.165) is 13.0 Å². The molecule has 1 aromatic heterocycles. The van der Waals surface area contributed by atoms with E-state index in [1.165, 1.54) is 11.8 Å². The summed E-state index contributed by atoms with van der Waals surface area (Å²) in [5, 5.41) is 13.2. The molecule has 2 atom stereocenters. The molecule has 17 heavy (non-hydrogen) atoms. The molecular formula is C10H17ClN4OS. The van der Waals surface area contributed by atoms with Crippen molar-refractivity contribution in [3.8, 4) is 0 Å². The molecule has 0 aromatic carbocycles.